The Labute approximate surface area is 185 Å². The van der Waals surface area contributed by atoms with E-state index in [2.05, 4.69) is 5.32 Å². The predicted octanol–water partition coefficient (Wildman–Crippen LogP) is 3.36. The Balaban J connectivity index is 1.75. The lowest BCUT2D eigenvalue weighted by Gasteiger charge is -2.26. The van der Waals surface area contributed by atoms with Gasteiger partial charge in [0, 0.05) is 23.7 Å². The van der Waals surface area contributed by atoms with E-state index in [1.807, 2.05) is 36.3 Å². The standard InChI is InChI=1S/C21H27N3O4S2/c1-3-16-10-17(30-14-22)9-15(2)21(16)23-18(25)11-28-20(27)13-29-12-19(26)24-7-5-4-6-8-24/h9-10H,3-8,11-13H2,1-2H3,(H,23,25). The van der Waals surface area contributed by atoms with Gasteiger partial charge in [-0.3, -0.25) is 14.4 Å². The van der Waals surface area contributed by atoms with Gasteiger partial charge in [-0.15, -0.1) is 11.8 Å². The minimum Gasteiger partial charge on any atom is -0.455 e. The normalized spacial score (nSPS) is 13.4. The number of hydrogen-bond acceptors (Lipinski definition) is 7. The number of likely N-dealkylation sites (tertiary alicyclic amines) is 1. The Morgan fingerprint density at radius 3 is 2.60 bits per heavy atom. The summed E-state index contributed by atoms with van der Waals surface area (Å²) in [5, 5.41) is 13.7. The monoisotopic (exact) mass is 449 g/mol. The number of ether oxygens (including phenoxy) is 1. The van der Waals surface area contributed by atoms with E-state index in [-0.39, 0.29) is 24.0 Å². The van der Waals surface area contributed by atoms with Crippen molar-refractivity contribution in [2.75, 3.05) is 36.5 Å². The number of hydrogen-bond donors (Lipinski definition) is 1. The van der Waals surface area contributed by atoms with Crippen molar-refractivity contribution in [2.24, 2.45) is 0 Å². The second-order valence-corrected chi connectivity index (χ2v) is 8.81. The number of thiocyanates is 1. The smallest absolute Gasteiger partial charge is 0.316 e. The van der Waals surface area contributed by atoms with E-state index in [0.29, 0.717) is 12.1 Å². The van der Waals surface area contributed by atoms with Crippen molar-refractivity contribution >= 4 is 47.0 Å². The molecule has 0 atom stereocenters. The molecule has 0 unspecified atom stereocenters. The molecule has 1 aliphatic rings. The van der Waals surface area contributed by atoms with Crippen LogP contribution in [0.3, 0.4) is 0 Å². The van der Waals surface area contributed by atoms with E-state index in [1.165, 1.54) is 11.8 Å². The van der Waals surface area contributed by atoms with E-state index < -0.39 is 11.9 Å². The molecule has 1 aromatic carbocycles. The first-order chi connectivity index (χ1) is 14.4. The fraction of sp³-hybridized carbons (Fsp3) is 0.524. The van der Waals surface area contributed by atoms with Crippen LogP contribution in [0.1, 0.15) is 37.3 Å². The summed E-state index contributed by atoms with van der Waals surface area (Å²) in [6.07, 6.45) is 3.92. The second kappa shape index (κ2) is 12.5. The topological polar surface area (TPSA) is 99.5 Å². The first-order valence-electron chi connectivity index (χ1n) is 9.95. The highest BCUT2D eigenvalue weighted by Crippen LogP contribution is 2.28. The minimum absolute atomic E-state index is 0.0339. The largest absolute Gasteiger partial charge is 0.455 e. The molecular weight excluding hydrogens is 422 g/mol. The number of nitrogens with one attached hydrogen (secondary N) is 1. The maximum Gasteiger partial charge on any atom is 0.316 e. The van der Waals surface area contributed by atoms with Crippen LogP contribution in [0.25, 0.3) is 0 Å². The number of nitriles is 1. The predicted molar refractivity (Wildman–Crippen MR) is 119 cm³/mol. The molecule has 0 spiro atoms. The molecule has 1 aromatic rings. The van der Waals surface area contributed by atoms with Crippen molar-refractivity contribution in [3.63, 3.8) is 0 Å². The molecule has 1 heterocycles. The van der Waals surface area contributed by atoms with Gasteiger partial charge in [-0.05, 0) is 67.6 Å². The highest BCUT2D eigenvalue weighted by molar-refractivity contribution is 8.03. The van der Waals surface area contributed by atoms with Crippen molar-refractivity contribution in [3.8, 4) is 5.40 Å². The van der Waals surface area contributed by atoms with E-state index >= 15 is 0 Å². The molecule has 2 rings (SSSR count). The van der Waals surface area contributed by atoms with Crippen molar-refractivity contribution in [1.82, 2.24) is 4.90 Å². The van der Waals surface area contributed by atoms with Crippen LogP contribution in [-0.4, -0.2) is 53.9 Å². The molecule has 1 saturated heterocycles. The number of rotatable bonds is 9. The molecule has 0 bridgehead atoms. The Bertz CT molecular complexity index is 817. The third-order valence-corrected chi connectivity index (χ3v) is 6.17. The van der Waals surface area contributed by atoms with Crippen LogP contribution in [0.4, 0.5) is 5.69 Å². The SMILES string of the molecule is CCc1cc(SC#N)cc(C)c1NC(=O)COC(=O)CSCC(=O)N1CCCCC1. The summed E-state index contributed by atoms with van der Waals surface area (Å²) in [6, 6.07) is 3.71. The first kappa shape index (κ1) is 24.1. The molecule has 1 N–H and O–H groups in total. The Hall–Kier alpha value is -2.18. The minimum atomic E-state index is -0.519. The number of nitrogens with zero attached hydrogens (tertiary/aromatic N) is 2. The van der Waals surface area contributed by atoms with Gasteiger partial charge in [0.05, 0.1) is 11.5 Å². The second-order valence-electron chi connectivity index (χ2n) is 6.96. The third-order valence-electron chi connectivity index (χ3n) is 4.72. The van der Waals surface area contributed by atoms with E-state index in [4.69, 9.17) is 10.00 Å². The quantitative estimate of drug-likeness (QED) is 0.350. The number of carbonyl (C=O) groups is 3. The Kier molecular flexibility index (Phi) is 10.0. The lowest BCUT2D eigenvalue weighted by Crippen LogP contribution is -2.36. The molecule has 2 amide bonds. The summed E-state index contributed by atoms with van der Waals surface area (Å²) in [7, 11) is 0. The van der Waals surface area contributed by atoms with Gasteiger partial charge in [0.2, 0.25) is 5.91 Å². The molecular formula is C21H27N3O4S2. The summed E-state index contributed by atoms with van der Waals surface area (Å²) < 4.78 is 5.04. The van der Waals surface area contributed by atoms with Gasteiger partial charge in [-0.2, -0.15) is 5.26 Å². The molecule has 162 valence electrons. The zero-order chi connectivity index (χ0) is 21.9. The summed E-state index contributed by atoms with van der Waals surface area (Å²) in [4.78, 5) is 38.8. The van der Waals surface area contributed by atoms with Gasteiger partial charge in [-0.1, -0.05) is 6.92 Å². The van der Waals surface area contributed by atoms with E-state index in [0.717, 1.165) is 60.1 Å². The lowest BCUT2D eigenvalue weighted by atomic mass is 10.1. The number of amides is 2. The van der Waals surface area contributed by atoms with Gasteiger partial charge in [0.25, 0.3) is 5.91 Å². The van der Waals surface area contributed by atoms with Crippen LogP contribution in [0.2, 0.25) is 0 Å². The first-order valence-corrected chi connectivity index (χ1v) is 11.9. The molecule has 9 heteroatoms. The number of aryl methyl sites for hydroxylation is 2. The van der Waals surface area contributed by atoms with Crippen LogP contribution in [0.5, 0.6) is 0 Å². The highest BCUT2D eigenvalue weighted by atomic mass is 32.2. The van der Waals surface area contributed by atoms with Gasteiger partial charge in [0.1, 0.15) is 5.40 Å². The maximum absolute atomic E-state index is 12.2. The van der Waals surface area contributed by atoms with Crippen LogP contribution in [0.15, 0.2) is 17.0 Å². The van der Waals surface area contributed by atoms with Crippen LogP contribution in [0, 0.1) is 17.6 Å². The zero-order valence-electron chi connectivity index (χ0n) is 17.4. The molecule has 0 saturated carbocycles. The fourth-order valence-corrected chi connectivity index (χ4v) is 4.46. The van der Waals surface area contributed by atoms with Gasteiger partial charge < -0.3 is 15.0 Å². The van der Waals surface area contributed by atoms with Crippen LogP contribution >= 0.6 is 23.5 Å². The molecule has 0 aliphatic carbocycles. The third kappa shape index (κ3) is 7.58. The fourth-order valence-electron chi connectivity index (χ4n) is 3.21. The summed E-state index contributed by atoms with van der Waals surface area (Å²) in [5.41, 5.74) is 2.44. The molecule has 1 aliphatic heterocycles. The van der Waals surface area contributed by atoms with Gasteiger partial charge in [-0.25, -0.2) is 0 Å². The molecule has 1 fully saturated rings. The van der Waals surface area contributed by atoms with Gasteiger partial charge >= 0.3 is 5.97 Å². The summed E-state index contributed by atoms with van der Waals surface area (Å²) in [6.45, 7) is 5.03. The van der Waals surface area contributed by atoms with Crippen molar-refractivity contribution in [1.29, 1.82) is 5.26 Å². The number of anilines is 1. The lowest BCUT2D eigenvalue weighted by molar-refractivity contribution is -0.144. The average Bonchev–Trinajstić information content (AvgIpc) is 2.74. The van der Waals surface area contributed by atoms with Crippen LogP contribution < -0.4 is 5.32 Å². The van der Waals surface area contributed by atoms with Crippen molar-refractivity contribution < 1.29 is 19.1 Å². The van der Waals surface area contributed by atoms with E-state index in [1.54, 1.807) is 0 Å². The molecule has 0 aromatic heterocycles. The number of thioether (sulfide) groups is 2. The molecule has 30 heavy (non-hydrogen) atoms. The molecule has 7 nitrogen and oxygen atoms in total. The van der Waals surface area contributed by atoms with Crippen molar-refractivity contribution in [3.05, 3.63) is 23.3 Å². The number of esters is 1. The number of piperidine rings is 1. The average molecular weight is 450 g/mol. The van der Waals surface area contributed by atoms with Gasteiger partial charge in [0.15, 0.2) is 6.61 Å². The van der Waals surface area contributed by atoms with Crippen LogP contribution in [-0.2, 0) is 25.5 Å². The van der Waals surface area contributed by atoms with Crippen molar-refractivity contribution in [2.45, 2.75) is 44.4 Å². The number of benzene rings is 1. The Morgan fingerprint density at radius 2 is 1.93 bits per heavy atom. The summed E-state index contributed by atoms with van der Waals surface area (Å²) >= 11 is 2.28. The summed E-state index contributed by atoms with van der Waals surface area (Å²) in [5.74, 6) is -0.614. The molecule has 0 radical (unpaired) electrons. The number of carbonyl (C=O) groups excluding carboxylic acids is 3. The zero-order valence-corrected chi connectivity index (χ0v) is 19.0. The van der Waals surface area contributed by atoms with E-state index in [9.17, 15) is 14.4 Å². The Morgan fingerprint density at radius 1 is 1.20 bits per heavy atom. The highest BCUT2D eigenvalue weighted by Gasteiger charge is 2.17. The maximum atomic E-state index is 12.2.